The summed E-state index contributed by atoms with van der Waals surface area (Å²) in [5.74, 6) is -0.431. The third-order valence-electron chi connectivity index (χ3n) is 2.95. The van der Waals surface area contributed by atoms with E-state index in [1.54, 1.807) is 6.92 Å². The predicted octanol–water partition coefficient (Wildman–Crippen LogP) is 1.50. The lowest BCUT2D eigenvalue weighted by atomic mass is 9.95. The summed E-state index contributed by atoms with van der Waals surface area (Å²) in [6, 6.07) is 0.159. The number of hydrogen-bond acceptors (Lipinski definition) is 3. The Kier molecular flexibility index (Phi) is 5.83. The second kappa shape index (κ2) is 6.08. The van der Waals surface area contributed by atoms with E-state index in [-0.39, 0.29) is 12.6 Å². The molecule has 0 bridgehead atoms. The highest BCUT2D eigenvalue weighted by Crippen LogP contribution is 2.13. The molecule has 0 aromatic carbocycles. The van der Waals surface area contributed by atoms with Crippen molar-refractivity contribution in [3.63, 3.8) is 0 Å². The third-order valence-corrected chi connectivity index (χ3v) is 2.95. The molecule has 0 aromatic rings. The van der Waals surface area contributed by atoms with Crippen LogP contribution in [0.5, 0.6) is 0 Å². The van der Waals surface area contributed by atoms with Crippen LogP contribution in [-0.4, -0.2) is 36.4 Å². The molecule has 0 saturated carbocycles. The smallest absolute Gasteiger partial charge is 0.326 e. The maximum Gasteiger partial charge on any atom is 0.326 e. The second-order valence-corrected chi connectivity index (χ2v) is 4.39. The van der Waals surface area contributed by atoms with Crippen LogP contribution in [0.1, 0.15) is 34.1 Å². The van der Waals surface area contributed by atoms with Crippen LogP contribution in [0, 0.1) is 5.92 Å². The van der Waals surface area contributed by atoms with Crippen LogP contribution < -0.4 is 5.32 Å². The highest BCUT2D eigenvalue weighted by atomic mass is 16.5. The van der Waals surface area contributed by atoms with Gasteiger partial charge in [-0.25, -0.2) is 0 Å². The summed E-state index contributed by atoms with van der Waals surface area (Å²) in [6.07, 6.45) is 1.02. The maximum absolute atomic E-state index is 11.1. The first-order valence-corrected chi connectivity index (χ1v) is 5.37. The Morgan fingerprint density at radius 3 is 2.40 bits per heavy atom. The van der Waals surface area contributed by atoms with Crippen molar-refractivity contribution in [2.75, 3.05) is 13.7 Å². The van der Waals surface area contributed by atoms with Gasteiger partial charge in [-0.05, 0) is 19.8 Å². The van der Waals surface area contributed by atoms with Gasteiger partial charge in [-0.15, -0.1) is 0 Å². The van der Waals surface area contributed by atoms with Crippen LogP contribution in [0.3, 0.4) is 0 Å². The van der Waals surface area contributed by atoms with E-state index in [0.29, 0.717) is 5.92 Å². The topological polar surface area (TPSA) is 58.6 Å². The van der Waals surface area contributed by atoms with Crippen LogP contribution in [0.15, 0.2) is 0 Å². The van der Waals surface area contributed by atoms with Gasteiger partial charge in [0.25, 0.3) is 0 Å². The molecule has 3 atom stereocenters. The van der Waals surface area contributed by atoms with E-state index in [1.807, 2.05) is 6.92 Å². The lowest BCUT2D eigenvalue weighted by Gasteiger charge is -2.31. The van der Waals surface area contributed by atoms with E-state index in [4.69, 9.17) is 9.84 Å². The molecule has 4 heteroatoms. The normalized spacial score (nSPS) is 19.3. The first kappa shape index (κ1) is 14.4. The van der Waals surface area contributed by atoms with Gasteiger partial charge in [-0.3, -0.25) is 10.1 Å². The molecule has 0 fully saturated rings. The summed E-state index contributed by atoms with van der Waals surface area (Å²) in [7, 11) is 1.51. The molecule has 0 rings (SSSR count). The molecule has 0 spiro atoms. The molecular formula is C11H23NO3. The van der Waals surface area contributed by atoms with E-state index < -0.39 is 11.5 Å². The van der Waals surface area contributed by atoms with Gasteiger partial charge >= 0.3 is 5.97 Å². The van der Waals surface area contributed by atoms with Crippen molar-refractivity contribution in [1.82, 2.24) is 5.32 Å². The molecule has 0 aromatic heterocycles. The zero-order valence-electron chi connectivity index (χ0n) is 10.3. The van der Waals surface area contributed by atoms with E-state index in [0.717, 1.165) is 6.42 Å². The third kappa shape index (κ3) is 4.18. The van der Waals surface area contributed by atoms with Gasteiger partial charge in [0.05, 0.1) is 6.61 Å². The average molecular weight is 217 g/mol. The molecule has 0 amide bonds. The second-order valence-electron chi connectivity index (χ2n) is 4.39. The summed E-state index contributed by atoms with van der Waals surface area (Å²) in [5.41, 5.74) is -1.00. The number of hydrogen-bond donors (Lipinski definition) is 2. The summed E-state index contributed by atoms with van der Waals surface area (Å²) in [6.45, 7) is 8.02. The van der Waals surface area contributed by atoms with Crippen molar-refractivity contribution < 1.29 is 14.6 Å². The SMILES string of the molecule is CCC(C)C(C)NC(C)(COC)C(=O)O. The molecule has 0 aliphatic heterocycles. The number of carbonyl (C=O) groups is 1. The first-order chi connectivity index (χ1) is 6.87. The van der Waals surface area contributed by atoms with Gasteiger partial charge in [0.1, 0.15) is 5.54 Å². The minimum atomic E-state index is -1.00. The number of ether oxygens (including phenoxy) is 1. The van der Waals surface area contributed by atoms with Crippen LogP contribution >= 0.6 is 0 Å². The van der Waals surface area contributed by atoms with Gasteiger partial charge in [0, 0.05) is 13.2 Å². The lowest BCUT2D eigenvalue weighted by Crippen LogP contribution is -2.57. The predicted molar refractivity (Wildman–Crippen MR) is 60.0 cm³/mol. The minimum Gasteiger partial charge on any atom is -0.480 e. The number of rotatable bonds is 7. The summed E-state index contributed by atoms with van der Waals surface area (Å²) >= 11 is 0. The fourth-order valence-corrected chi connectivity index (χ4v) is 1.45. The van der Waals surface area contributed by atoms with Crippen LogP contribution in [0.2, 0.25) is 0 Å². The highest BCUT2D eigenvalue weighted by molar-refractivity contribution is 5.78. The maximum atomic E-state index is 11.1. The van der Waals surface area contributed by atoms with Gasteiger partial charge in [0.15, 0.2) is 0 Å². The quantitative estimate of drug-likeness (QED) is 0.678. The largest absolute Gasteiger partial charge is 0.480 e. The van der Waals surface area contributed by atoms with Crippen molar-refractivity contribution in [3.05, 3.63) is 0 Å². The summed E-state index contributed by atoms with van der Waals surface area (Å²) in [5, 5.41) is 12.2. The van der Waals surface area contributed by atoms with Crippen molar-refractivity contribution >= 4 is 5.97 Å². The Morgan fingerprint density at radius 1 is 1.53 bits per heavy atom. The van der Waals surface area contributed by atoms with Crippen LogP contribution in [0.4, 0.5) is 0 Å². The fourth-order valence-electron chi connectivity index (χ4n) is 1.45. The minimum absolute atomic E-state index is 0.159. The van der Waals surface area contributed by atoms with Crippen molar-refractivity contribution in [3.8, 4) is 0 Å². The van der Waals surface area contributed by atoms with E-state index in [1.165, 1.54) is 7.11 Å². The Balaban J connectivity index is 4.47. The zero-order chi connectivity index (χ0) is 12.1. The fraction of sp³-hybridized carbons (Fsp3) is 0.909. The molecule has 4 nitrogen and oxygen atoms in total. The molecule has 0 aliphatic rings. The Morgan fingerprint density at radius 2 is 2.07 bits per heavy atom. The zero-order valence-corrected chi connectivity index (χ0v) is 10.3. The summed E-state index contributed by atoms with van der Waals surface area (Å²) in [4.78, 5) is 11.1. The monoisotopic (exact) mass is 217 g/mol. The van der Waals surface area contributed by atoms with Crippen molar-refractivity contribution in [2.45, 2.75) is 45.7 Å². The molecule has 0 radical (unpaired) electrons. The number of aliphatic carboxylic acids is 1. The molecular weight excluding hydrogens is 194 g/mol. The van der Waals surface area contributed by atoms with Crippen molar-refractivity contribution in [2.24, 2.45) is 5.92 Å². The number of carboxylic acid groups (broad SMARTS) is 1. The molecule has 0 aliphatic carbocycles. The number of carboxylic acids is 1. The number of nitrogens with one attached hydrogen (secondary N) is 1. The molecule has 0 saturated heterocycles. The Bertz CT molecular complexity index is 208. The molecule has 0 heterocycles. The highest BCUT2D eigenvalue weighted by Gasteiger charge is 2.35. The van der Waals surface area contributed by atoms with Crippen LogP contribution in [0.25, 0.3) is 0 Å². The van der Waals surface area contributed by atoms with Gasteiger partial charge < -0.3 is 9.84 Å². The Labute approximate surface area is 92.0 Å². The van der Waals surface area contributed by atoms with Gasteiger partial charge in [0.2, 0.25) is 0 Å². The van der Waals surface area contributed by atoms with E-state index in [2.05, 4.69) is 19.2 Å². The van der Waals surface area contributed by atoms with Crippen molar-refractivity contribution in [1.29, 1.82) is 0 Å². The number of methoxy groups -OCH3 is 1. The molecule has 3 unspecified atom stereocenters. The molecule has 15 heavy (non-hydrogen) atoms. The first-order valence-electron chi connectivity index (χ1n) is 5.37. The van der Waals surface area contributed by atoms with E-state index >= 15 is 0 Å². The lowest BCUT2D eigenvalue weighted by molar-refractivity contribution is -0.147. The van der Waals surface area contributed by atoms with Gasteiger partial charge in [-0.1, -0.05) is 20.3 Å². The molecule has 2 N–H and O–H groups in total. The van der Waals surface area contributed by atoms with Crippen LogP contribution in [-0.2, 0) is 9.53 Å². The van der Waals surface area contributed by atoms with Gasteiger partial charge in [-0.2, -0.15) is 0 Å². The molecule has 90 valence electrons. The average Bonchev–Trinajstić information content (AvgIpc) is 2.16. The van der Waals surface area contributed by atoms with E-state index in [9.17, 15) is 4.79 Å². The Hall–Kier alpha value is -0.610. The summed E-state index contributed by atoms with van der Waals surface area (Å²) < 4.78 is 4.94. The standard InChI is InChI=1S/C11H23NO3/c1-6-8(2)9(3)12-11(4,7-15-5)10(13)14/h8-9,12H,6-7H2,1-5H3,(H,13,14).